The molecule has 2 aromatic carbocycles. The average Bonchev–Trinajstić information content (AvgIpc) is 3.57. The Morgan fingerprint density at radius 3 is 2.78 bits per heavy atom. The highest BCUT2D eigenvalue weighted by molar-refractivity contribution is 5.86. The zero-order valence-electron chi connectivity index (χ0n) is 20.1. The van der Waals surface area contributed by atoms with Gasteiger partial charge in [0.1, 0.15) is 11.4 Å². The largest absolute Gasteiger partial charge is 0.394 e. The van der Waals surface area contributed by atoms with Crippen LogP contribution in [0.4, 0.5) is 5.69 Å². The molecule has 0 saturated carbocycles. The summed E-state index contributed by atoms with van der Waals surface area (Å²) in [4.78, 5) is 27.8. The van der Waals surface area contributed by atoms with Gasteiger partial charge >= 0.3 is 0 Å². The number of hydrogen-bond acceptors (Lipinski definition) is 6. The van der Waals surface area contributed by atoms with Gasteiger partial charge in [0.2, 0.25) is 0 Å². The molecule has 184 valence electrons. The van der Waals surface area contributed by atoms with Crippen molar-refractivity contribution in [2.75, 3.05) is 11.9 Å². The minimum absolute atomic E-state index is 0.171. The molecule has 3 aromatic heterocycles. The fraction of sp³-hybridized carbons (Fsp3) is 0.222. The van der Waals surface area contributed by atoms with Crippen LogP contribution in [0.2, 0.25) is 0 Å². The standard InChI is InChI=1S/C27H28N6O3/c1-17-12-20(33-11-10-28-16-33)13-22-25(17)32-26(31-22)24-21(8-9-29-27(24)35)30-23(14-34)18(2)36-15-19-6-4-3-5-7-19/h3-13,16,18,23,34H,14-15H2,1-2H3,(H,31,32)(H2,29,30,35)/t18-,23-/m1/s1. The Labute approximate surface area is 207 Å². The molecule has 36 heavy (non-hydrogen) atoms. The van der Waals surface area contributed by atoms with Crippen molar-refractivity contribution in [3.63, 3.8) is 0 Å². The molecule has 4 N–H and O–H groups in total. The van der Waals surface area contributed by atoms with Crippen LogP contribution in [-0.2, 0) is 11.3 Å². The number of ether oxygens (including phenoxy) is 1. The summed E-state index contributed by atoms with van der Waals surface area (Å²) >= 11 is 0. The number of nitrogens with zero attached hydrogens (tertiary/aromatic N) is 3. The number of benzene rings is 2. The van der Waals surface area contributed by atoms with Gasteiger partial charge in [-0.3, -0.25) is 4.79 Å². The van der Waals surface area contributed by atoms with E-state index >= 15 is 0 Å². The molecule has 3 heterocycles. The Bertz CT molecular complexity index is 1510. The molecular formula is C27H28N6O3. The molecule has 0 aliphatic carbocycles. The van der Waals surface area contributed by atoms with E-state index in [9.17, 15) is 9.90 Å². The van der Waals surface area contributed by atoms with Crippen molar-refractivity contribution in [2.24, 2.45) is 0 Å². The van der Waals surface area contributed by atoms with E-state index in [1.54, 1.807) is 24.8 Å². The van der Waals surface area contributed by atoms with E-state index in [1.807, 2.05) is 67.1 Å². The lowest BCUT2D eigenvalue weighted by atomic mass is 10.1. The lowest BCUT2D eigenvalue weighted by Crippen LogP contribution is -2.37. The maximum Gasteiger partial charge on any atom is 0.261 e. The van der Waals surface area contributed by atoms with E-state index in [2.05, 4.69) is 20.3 Å². The first-order valence-electron chi connectivity index (χ1n) is 11.8. The number of fused-ring (bicyclic) bond motifs is 1. The molecule has 0 aliphatic rings. The monoisotopic (exact) mass is 484 g/mol. The first kappa shape index (κ1) is 23.5. The van der Waals surface area contributed by atoms with Gasteiger partial charge < -0.3 is 29.7 Å². The van der Waals surface area contributed by atoms with E-state index in [0.29, 0.717) is 23.7 Å². The highest BCUT2D eigenvalue weighted by atomic mass is 16.5. The molecule has 9 heteroatoms. The first-order chi connectivity index (χ1) is 17.5. The molecule has 0 saturated heterocycles. The number of rotatable bonds is 9. The van der Waals surface area contributed by atoms with E-state index in [1.165, 1.54) is 0 Å². The van der Waals surface area contributed by atoms with Gasteiger partial charge in [-0.05, 0) is 43.2 Å². The zero-order chi connectivity index (χ0) is 25.1. The third kappa shape index (κ3) is 4.79. The van der Waals surface area contributed by atoms with Gasteiger partial charge in [-0.1, -0.05) is 30.3 Å². The minimum Gasteiger partial charge on any atom is -0.394 e. The van der Waals surface area contributed by atoms with Gasteiger partial charge in [0, 0.05) is 24.3 Å². The zero-order valence-corrected chi connectivity index (χ0v) is 20.1. The molecular weight excluding hydrogens is 456 g/mol. The lowest BCUT2D eigenvalue weighted by molar-refractivity contribution is 0.0276. The number of aliphatic hydroxyl groups excluding tert-OH is 1. The lowest BCUT2D eigenvalue weighted by Gasteiger charge is -2.25. The van der Waals surface area contributed by atoms with Gasteiger partial charge in [-0.25, -0.2) is 9.97 Å². The number of pyridine rings is 1. The van der Waals surface area contributed by atoms with Crippen LogP contribution >= 0.6 is 0 Å². The van der Waals surface area contributed by atoms with E-state index in [4.69, 9.17) is 9.72 Å². The summed E-state index contributed by atoms with van der Waals surface area (Å²) in [5.41, 5.74) is 5.18. The van der Waals surface area contributed by atoms with Gasteiger partial charge in [0.15, 0.2) is 0 Å². The number of nitrogens with one attached hydrogen (secondary N) is 3. The van der Waals surface area contributed by atoms with Crippen LogP contribution in [0.15, 0.2) is 78.2 Å². The maximum atomic E-state index is 12.9. The summed E-state index contributed by atoms with van der Waals surface area (Å²) in [7, 11) is 0. The topological polar surface area (TPSA) is 121 Å². The summed E-state index contributed by atoms with van der Waals surface area (Å²) in [6.07, 6.45) is 6.58. The molecule has 0 radical (unpaired) electrons. The molecule has 0 aliphatic heterocycles. The van der Waals surface area contributed by atoms with E-state index < -0.39 is 6.04 Å². The summed E-state index contributed by atoms with van der Waals surface area (Å²) in [6.45, 7) is 4.13. The molecule has 0 spiro atoms. The minimum atomic E-state index is -0.437. The smallest absolute Gasteiger partial charge is 0.261 e. The number of hydrogen-bond donors (Lipinski definition) is 4. The third-order valence-electron chi connectivity index (χ3n) is 6.22. The highest BCUT2D eigenvalue weighted by Gasteiger charge is 2.22. The normalized spacial score (nSPS) is 13.1. The number of imidazole rings is 2. The number of aromatic amines is 2. The number of H-pyrrole nitrogens is 2. The quantitative estimate of drug-likeness (QED) is 0.253. The van der Waals surface area contributed by atoms with Crippen LogP contribution in [0.25, 0.3) is 28.1 Å². The van der Waals surface area contributed by atoms with Crippen molar-refractivity contribution in [1.29, 1.82) is 0 Å². The van der Waals surface area contributed by atoms with Crippen LogP contribution in [0.1, 0.15) is 18.1 Å². The van der Waals surface area contributed by atoms with Crippen molar-refractivity contribution in [2.45, 2.75) is 32.6 Å². The third-order valence-corrected chi connectivity index (χ3v) is 6.22. The number of anilines is 1. The van der Waals surface area contributed by atoms with Crippen LogP contribution in [0.3, 0.4) is 0 Å². The van der Waals surface area contributed by atoms with Gasteiger partial charge in [-0.2, -0.15) is 0 Å². The van der Waals surface area contributed by atoms with E-state index in [-0.39, 0.29) is 18.3 Å². The van der Waals surface area contributed by atoms with Crippen LogP contribution in [0.5, 0.6) is 0 Å². The second kappa shape index (κ2) is 10.2. The molecule has 0 amide bonds. The molecule has 0 unspecified atom stereocenters. The van der Waals surface area contributed by atoms with Gasteiger partial charge in [0.25, 0.3) is 5.56 Å². The van der Waals surface area contributed by atoms with Crippen LogP contribution in [0, 0.1) is 6.92 Å². The number of aryl methyl sites for hydroxylation is 1. The van der Waals surface area contributed by atoms with Crippen molar-refractivity contribution in [1.82, 2.24) is 24.5 Å². The molecule has 9 nitrogen and oxygen atoms in total. The fourth-order valence-corrected chi connectivity index (χ4v) is 4.21. The second-order valence-corrected chi connectivity index (χ2v) is 8.74. The molecule has 0 fully saturated rings. The average molecular weight is 485 g/mol. The van der Waals surface area contributed by atoms with Crippen molar-refractivity contribution >= 4 is 16.7 Å². The molecule has 5 aromatic rings. The predicted octanol–water partition coefficient (Wildman–Crippen LogP) is 3.79. The summed E-state index contributed by atoms with van der Waals surface area (Å²) in [6, 6.07) is 15.2. The molecule has 5 rings (SSSR count). The fourth-order valence-electron chi connectivity index (χ4n) is 4.21. The SMILES string of the molecule is Cc1cc(-n2ccnc2)cc2[nH]c(-c3c(N[C@H](CO)[C@@H](C)OCc4ccccc4)cc[nH]c3=O)nc12. The Hall–Kier alpha value is -4.21. The highest BCUT2D eigenvalue weighted by Crippen LogP contribution is 2.28. The second-order valence-electron chi connectivity index (χ2n) is 8.74. The number of aliphatic hydroxyl groups is 1. The Balaban J connectivity index is 1.44. The van der Waals surface area contributed by atoms with Crippen molar-refractivity contribution in [3.05, 3.63) is 94.9 Å². The van der Waals surface area contributed by atoms with Crippen LogP contribution < -0.4 is 10.9 Å². The summed E-state index contributed by atoms with van der Waals surface area (Å²) < 4.78 is 7.92. The molecule has 2 atom stereocenters. The first-order valence-corrected chi connectivity index (χ1v) is 11.8. The predicted molar refractivity (Wildman–Crippen MR) is 139 cm³/mol. The Morgan fingerprint density at radius 2 is 2.03 bits per heavy atom. The van der Waals surface area contributed by atoms with Gasteiger partial charge in [-0.15, -0.1) is 0 Å². The van der Waals surface area contributed by atoms with Crippen molar-refractivity contribution < 1.29 is 9.84 Å². The summed E-state index contributed by atoms with van der Waals surface area (Å²) in [5.74, 6) is 0.440. The van der Waals surface area contributed by atoms with Gasteiger partial charge in [0.05, 0.1) is 48.4 Å². The maximum absolute atomic E-state index is 12.9. The Morgan fingerprint density at radius 1 is 1.19 bits per heavy atom. The summed E-state index contributed by atoms with van der Waals surface area (Å²) in [5, 5.41) is 13.4. The van der Waals surface area contributed by atoms with Crippen molar-refractivity contribution in [3.8, 4) is 17.1 Å². The van der Waals surface area contributed by atoms with E-state index in [0.717, 1.165) is 27.8 Å². The van der Waals surface area contributed by atoms with Crippen LogP contribution in [-0.4, -0.2) is 48.4 Å². The Kier molecular flexibility index (Phi) is 6.66. The molecule has 0 bridgehead atoms. The number of aromatic nitrogens is 5.